The van der Waals surface area contributed by atoms with Crippen LogP contribution in [0.2, 0.25) is 0 Å². The van der Waals surface area contributed by atoms with Gasteiger partial charge in [-0.3, -0.25) is 9.89 Å². The molecule has 0 aliphatic heterocycles. The summed E-state index contributed by atoms with van der Waals surface area (Å²) in [5, 5.41) is 9.44. The first-order chi connectivity index (χ1) is 6.74. The highest BCUT2D eigenvalue weighted by Gasteiger charge is 2.07. The van der Waals surface area contributed by atoms with Gasteiger partial charge >= 0.3 is 0 Å². The van der Waals surface area contributed by atoms with Crippen molar-refractivity contribution in [3.05, 3.63) is 17.5 Å². The van der Waals surface area contributed by atoms with Crippen molar-refractivity contribution in [2.24, 2.45) is 0 Å². The summed E-state index contributed by atoms with van der Waals surface area (Å²) < 4.78 is 0. The van der Waals surface area contributed by atoms with Crippen molar-refractivity contribution in [2.45, 2.75) is 33.1 Å². The molecule has 78 valence electrons. The standard InChI is InChI=1S/C10H17N3O/c1-3-4-5-6-11-10(14)9-7-8(2)12-13-9/h7H,3-6H2,1-2H3,(H,11,14)(H,12,13). The molecule has 0 bridgehead atoms. The van der Waals surface area contributed by atoms with E-state index in [1.807, 2.05) is 6.92 Å². The van der Waals surface area contributed by atoms with Crippen LogP contribution >= 0.6 is 0 Å². The SMILES string of the molecule is CCCCCNC(=O)c1cc(C)[nH]n1. The first-order valence-electron chi connectivity index (χ1n) is 5.04. The van der Waals surface area contributed by atoms with Gasteiger partial charge in [0.2, 0.25) is 0 Å². The van der Waals surface area contributed by atoms with Gasteiger partial charge in [0.05, 0.1) is 0 Å². The van der Waals surface area contributed by atoms with Crippen molar-refractivity contribution in [1.82, 2.24) is 15.5 Å². The predicted molar refractivity (Wildman–Crippen MR) is 55.2 cm³/mol. The number of H-pyrrole nitrogens is 1. The summed E-state index contributed by atoms with van der Waals surface area (Å²) in [5.74, 6) is -0.0922. The second-order valence-electron chi connectivity index (χ2n) is 3.40. The molecule has 0 saturated heterocycles. The van der Waals surface area contributed by atoms with Crippen molar-refractivity contribution < 1.29 is 4.79 Å². The zero-order valence-corrected chi connectivity index (χ0v) is 8.76. The minimum atomic E-state index is -0.0922. The Hall–Kier alpha value is -1.32. The van der Waals surface area contributed by atoms with Crippen LogP contribution in [0, 0.1) is 6.92 Å². The van der Waals surface area contributed by atoms with E-state index in [9.17, 15) is 4.79 Å². The summed E-state index contributed by atoms with van der Waals surface area (Å²) in [6, 6.07) is 1.75. The smallest absolute Gasteiger partial charge is 0.271 e. The molecular weight excluding hydrogens is 178 g/mol. The van der Waals surface area contributed by atoms with Gasteiger partial charge in [-0.1, -0.05) is 19.8 Å². The third-order valence-electron chi connectivity index (χ3n) is 2.00. The number of amides is 1. The first-order valence-corrected chi connectivity index (χ1v) is 5.04. The van der Waals surface area contributed by atoms with Gasteiger partial charge in [0.15, 0.2) is 0 Å². The van der Waals surface area contributed by atoms with Crippen LogP contribution in [-0.2, 0) is 0 Å². The molecule has 0 radical (unpaired) electrons. The second kappa shape index (κ2) is 5.42. The van der Waals surface area contributed by atoms with Gasteiger partial charge in [0.1, 0.15) is 5.69 Å². The number of carbonyl (C=O) groups excluding carboxylic acids is 1. The number of nitrogens with one attached hydrogen (secondary N) is 2. The van der Waals surface area contributed by atoms with Gasteiger partial charge in [-0.25, -0.2) is 0 Å². The molecule has 0 atom stereocenters. The Kier molecular flexibility index (Phi) is 4.16. The maximum atomic E-state index is 11.4. The molecule has 14 heavy (non-hydrogen) atoms. The van der Waals surface area contributed by atoms with Gasteiger partial charge in [0, 0.05) is 12.2 Å². The van der Waals surface area contributed by atoms with E-state index in [-0.39, 0.29) is 5.91 Å². The van der Waals surface area contributed by atoms with Crippen LogP contribution in [0.25, 0.3) is 0 Å². The maximum absolute atomic E-state index is 11.4. The quantitative estimate of drug-likeness (QED) is 0.702. The fraction of sp³-hybridized carbons (Fsp3) is 0.600. The number of unbranched alkanes of at least 4 members (excludes halogenated alkanes) is 2. The average Bonchev–Trinajstić information content (AvgIpc) is 2.59. The minimum absolute atomic E-state index is 0.0922. The zero-order chi connectivity index (χ0) is 10.4. The number of rotatable bonds is 5. The van der Waals surface area contributed by atoms with Gasteiger partial charge in [0.25, 0.3) is 5.91 Å². The van der Waals surface area contributed by atoms with Gasteiger partial charge in [-0.2, -0.15) is 5.10 Å². The molecule has 0 unspecified atom stereocenters. The molecule has 0 spiro atoms. The Balaban J connectivity index is 2.29. The van der Waals surface area contributed by atoms with Crippen molar-refractivity contribution in [3.8, 4) is 0 Å². The Morgan fingerprint density at radius 2 is 2.36 bits per heavy atom. The van der Waals surface area contributed by atoms with E-state index in [2.05, 4.69) is 22.4 Å². The fourth-order valence-electron chi connectivity index (χ4n) is 1.20. The number of carbonyl (C=O) groups is 1. The lowest BCUT2D eigenvalue weighted by molar-refractivity contribution is 0.0948. The number of nitrogens with zero attached hydrogens (tertiary/aromatic N) is 1. The lowest BCUT2D eigenvalue weighted by Gasteiger charge is -2.01. The monoisotopic (exact) mass is 195 g/mol. The van der Waals surface area contributed by atoms with Crippen molar-refractivity contribution >= 4 is 5.91 Å². The summed E-state index contributed by atoms with van der Waals surface area (Å²) in [6.07, 6.45) is 3.35. The highest BCUT2D eigenvalue weighted by atomic mass is 16.1. The predicted octanol–water partition coefficient (Wildman–Crippen LogP) is 1.64. The summed E-state index contributed by atoms with van der Waals surface area (Å²) in [6.45, 7) is 4.75. The van der Waals surface area contributed by atoms with E-state index in [1.54, 1.807) is 6.07 Å². The topological polar surface area (TPSA) is 57.8 Å². The lowest BCUT2D eigenvalue weighted by Crippen LogP contribution is -2.24. The van der Waals surface area contributed by atoms with Crippen molar-refractivity contribution in [2.75, 3.05) is 6.54 Å². The lowest BCUT2D eigenvalue weighted by atomic mass is 10.2. The molecule has 0 aliphatic rings. The molecular formula is C10H17N3O. The highest BCUT2D eigenvalue weighted by Crippen LogP contribution is 1.97. The molecule has 0 fully saturated rings. The molecule has 0 aromatic carbocycles. The van der Waals surface area contributed by atoms with Crippen LogP contribution in [0.3, 0.4) is 0 Å². The molecule has 1 aromatic heterocycles. The van der Waals surface area contributed by atoms with E-state index < -0.39 is 0 Å². The number of aromatic amines is 1. The molecule has 1 heterocycles. The Bertz CT molecular complexity index is 293. The summed E-state index contributed by atoms with van der Waals surface area (Å²) in [5.41, 5.74) is 1.38. The largest absolute Gasteiger partial charge is 0.351 e. The Morgan fingerprint density at radius 3 is 2.93 bits per heavy atom. The van der Waals surface area contributed by atoms with E-state index >= 15 is 0 Å². The van der Waals surface area contributed by atoms with E-state index in [0.717, 1.165) is 31.5 Å². The summed E-state index contributed by atoms with van der Waals surface area (Å²) in [4.78, 5) is 11.4. The number of hydrogen-bond donors (Lipinski definition) is 2. The van der Waals surface area contributed by atoms with Crippen LogP contribution in [0.15, 0.2) is 6.07 Å². The van der Waals surface area contributed by atoms with Crippen LogP contribution in [-0.4, -0.2) is 22.6 Å². The molecule has 1 amide bonds. The fourth-order valence-corrected chi connectivity index (χ4v) is 1.20. The van der Waals surface area contributed by atoms with E-state index in [1.165, 1.54) is 0 Å². The summed E-state index contributed by atoms with van der Waals surface area (Å²) in [7, 11) is 0. The zero-order valence-electron chi connectivity index (χ0n) is 8.76. The van der Waals surface area contributed by atoms with E-state index in [4.69, 9.17) is 0 Å². The minimum Gasteiger partial charge on any atom is -0.351 e. The van der Waals surface area contributed by atoms with Gasteiger partial charge in [-0.05, 0) is 19.4 Å². The van der Waals surface area contributed by atoms with Crippen LogP contribution in [0.4, 0.5) is 0 Å². The van der Waals surface area contributed by atoms with E-state index in [0.29, 0.717) is 5.69 Å². The van der Waals surface area contributed by atoms with Gasteiger partial charge < -0.3 is 5.32 Å². The molecule has 4 heteroatoms. The maximum Gasteiger partial charge on any atom is 0.271 e. The molecule has 0 aliphatic carbocycles. The summed E-state index contributed by atoms with van der Waals surface area (Å²) >= 11 is 0. The van der Waals surface area contributed by atoms with Gasteiger partial charge in [-0.15, -0.1) is 0 Å². The number of aromatic nitrogens is 2. The third kappa shape index (κ3) is 3.20. The van der Waals surface area contributed by atoms with Crippen LogP contribution < -0.4 is 5.32 Å². The highest BCUT2D eigenvalue weighted by molar-refractivity contribution is 5.92. The Labute approximate surface area is 84.1 Å². The number of aryl methyl sites for hydroxylation is 1. The first kappa shape index (κ1) is 10.8. The van der Waals surface area contributed by atoms with Crippen molar-refractivity contribution in [1.29, 1.82) is 0 Å². The molecule has 0 saturated carbocycles. The van der Waals surface area contributed by atoms with Crippen LogP contribution in [0.1, 0.15) is 42.4 Å². The van der Waals surface area contributed by atoms with Crippen LogP contribution in [0.5, 0.6) is 0 Å². The third-order valence-corrected chi connectivity index (χ3v) is 2.00. The Morgan fingerprint density at radius 1 is 1.57 bits per heavy atom. The average molecular weight is 195 g/mol. The molecule has 1 rings (SSSR count). The normalized spacial score (nSPS) is 10.1. The molecule has 1 aromatic rings. The molecule has 4 nitrogen and oxygen atoms in total. The second-order valence-corrected chi connectivity index (χ2v) is 3.40. The molecule has 2 N–H and O–H groups in total. The van der Waals surface area contributed by atoms with Crippen molar-refractivity contribution in [3.63, 3.8) is 0 Å². The number of hydrogen-bond acceptors (Lipinski definition) is 2.